The number of benzene rings is 9. The van der Waals surface area contributed by atoms with Crippen LogP contribution in [-0.2, 0) is 0 Å². The van der Waals surface area contributed by atoms with Gasteiger partial charge in [-0.15, -0.1) is 22.7 Å². The third kappa shape index (κ3) is 5.68. The summed E-state index contributed by atoms with van der Waals surface area (Å²) in [6.45, 7) is 0. The van der Waals surface area contributed by atoms with Crippen LogP contribution in [0.1, 0.15) is 0 Å². The molecule has 0 N–H and O–H groups in total. The molecule has 4 heteroatoms. The fourth-order valence-electron chi connectivity index (χ4n) is 9.01. The molecule has 0 unspecified atom stereocenters. The van der Waals surface area contributed by atoms with E-state index in [0.29, 0.717) is 5.82 Å². The molecule has 12 aromatic rings. The van der Waals surface area contributed by atoms with Gasteiger partial charge in [-0.25, -0.2) is 9.97 Å². The van der Waals surface area contributed by atoms with Crippen LogP contribution in [-0.4, -0.2) is 9.97 Å². The lowest BCUT2D eigenvalue weighted by Gasteiger charge is -2.20. The van der Waals surface area contributed by atoms with Crippen molar-refractivity contribution in [2.45, 2.75) is 0 Å². The van der Waals surface area contributed by atoms with Crippen LogP contribution in [0, 0.1) is 0 Å². The van der Waals surface area contributed by atoms with Gasteiger partial charge in [0.05, 0.1) is 11.4 Å². The Morgan fingerprint density at radius 2 is 0.717 bits per heavy atom. The highest BCUT2D eigenvalue weighted by atomic mass is 32.1. The van der Waals surface area contributed by atoms with Gasteiger partial charge >= 0.3 is 0 Å². The largest absolute Gasteiger partial charge is 0.228 e. The van der Waals surface area contributed by atoms with E-state index in [1.54, 1.807) is 0 Å². The molecule has 3 aromatic heterocycles. The van der Waals surface area contributed by atoms with E-state index >= 15 is 0 Å². The van der Waals surface area contributed by atoms with Gasteiger partial charge in [-0.3, -0.25) is 0 Å². The SMILES string of the molecule is c1ccc(-c2ccccc2-c2cc(-c3ccccc3)c3ccccc3c2-c2nc(-c3cccc4c3sc3ccccc34)cc(-c3cccc4c3sc3ccccc34)n2)cc1. The Morgan fingerprint density at radius 1 is 0.283 bits per heavy atom. The molecule has 0 atom stereocenters. The molecular formula is C56H34N2S2. The lowest BCUT2D eigenvalue weighted by Crippen LogP contribution is -2.00. The zero-order valence-corrected chi connectivity index (χ0v) is 34.0. The summed E-state index contributed by atoms with van der Waals surface area (Å²) in [7, 11) is 0. The fourth-order valence-corrected chi connectivity index (χ4v) is 11.5. The first-order chi connectivity index (χ1) is 29.8. The third-order valence-electron chi connectivity index (χ3n) is 11.7. The summed E-state index contributed by atoms with van der Waals surface area (Å²) in [6, 6.07) is 74.3. The highest BCUT2D eigenvalue weighted by Gasteiger charge is 2.24. The first-order valence-corrected chi connectivity index (χ1v) is 21.9. The highest BCUT2D eigenvalue weighted by Crippen LogP contribution is 2.47. The van der Waals surface area contributed by atoms with Crippen molar-refractivity contribution < 1.29 is 0 Å². The van der Waals surface area contributed by atoms with Gasteiger partial charge in [-0.05, 0) is 68.4 Å². The molecule has 0 spiro atoms. The van der Waals surface area contributed by atoms with E-state index in [1.165, 1.54) is 51.5 Å². The second-order valence-corrected chi connectivity index (χ2v) is 17.3. The number of fused-ring (bicyclic) bond motifs is 7. The van der Waals surface area contributed by atoms with Crippen LogP contribution in [0.3, 0.4) is 0 Å². The van der Waals surface area contributed by atoms with Crippen molar-refractivity contribution in [2.24, 2.45) is 0 Å². The Morgan fingerprint density at radius 3 is 1.30 bits per heavy atom. The minimum Gasteiger partial charge on any atom is -0.228 e. The fraction of sp³-hybridized carbons (Fsp3) is 0. The number of nitrogens with zero attached hydrogens (tertiary/aromatic N) is 2. The Balaban J connectivity index is 1.22. The number of hydrogen-bond donors (Lipinski definition) is 0. The maximum atomic E-state index is 5.68. The lowest BCUT2D eigenvalue weighted by atomic mass is 9.85. The van der Waals surface area contributed by atoms with Crippen LogP contribution in [0.25, 0.3) is 118 Å². The molecule has 0 fully saturated rings. The zero-order chi connectivity index (χ0) is 39.6. The normalized spacial score (nSPS) is 11.7. The van der Waals surface area contributed by atoms with Crippen molar-refractivity contribution in [3.8, 4) is 67.3 Å². The molecule has 0 aliphatic rings. The number of aromatic nitrogens is 2. The van der Waals surface area contributed by atoms with Gasteiger partial charge in [0.1, 0.15) is 0 Å². The van der Waals surface area contributed by atoms with Crippen molar-refractivity contribution >= 4 is 73.8 Å². The summed E-state index contributed by atoms with van der Waals surface area (Å²) in [6.07, 6.45) is 0. The van der Waals surface area contributed by atoms with Gasteiger partial charge in [0.15, 0.2) is 5.82 Å². The van der Waals surface area contributed by atoms with Crippen molar-refractivity contribution in [3.63, 3.8) is 0 Å². The van der Waals surface area contributed by atoms with E-state index in [1.807, 2.05) is 22.7 Å². The van der Waals surface area contributed by atoms with Crippen molar-refractivity contribution in [1.82, 2.24) is 9.97 Å². The maximum absolute atomic E-state index is 5.68. The summed E-state index contributed by atoms with van der Waals surface area (Å²) >= 11 is 3.67. The molecule has 9 aromatic carbocycles. The predicted octanol–water partition coefficient (Wildman–Crippen LogP) is 16.4. The van der Waals surface area contributed by atoms with Gasteiger partial charge in [0.25, 0.3) is 0 Å². The van der Waals surface area contributed by atoms with E-state index < -0.39 is 0 Å². The average Bonchev–Trinajstić information content (AvgIpc) is 3.90. The molecule has 0 aliphatic heterocycles. The van der Waals surface area contributed by atoms with E-state index in [4.69, 9.17) is 9.97 Å². The van der Waals surface area contributed by atoms with Gasteiger partial charge < -0.3 is 0 Å². The molecule has 280 valence electrons. The smallest absolute Gasteiger partial charge is 0.161 e. The van der Waals surface area contributed by atoms with Gasteiger partial charge in [0, 0.05) is 57.0 Å². The summed E-state index contributed by atoms with van der Waals surface area (Å²) in [5.41, 5.74) is 11.9. The van der Waals surface area contributed by atoms with E-state index in [2.05, 4.69) is 206 Å². The van der Waals surface area contributed by atoms with Gasteiger partial charge in [0.2, 0.25) is 0 Å². The Bertz CT molecular complexity index is 3470. The monoisotopic (exact) mass is 798 g/mol. The van der Waals surface area contributed by atoms with Crippen LogP contribution < -0.4 is 0 Å². The minimum absolute atomic E-state index is 0.701. The molecule has 60 heavy (non-hydrogen) atoms. The summed E-state index contributed by atoms with van der Waals surface area (Å²) < 4.78 is 5.00. The molecule has 0 saturated heterocycles. The Labute approximate surface area is 355 Å². The van der Waals surface area contributed by atoms with Crippen LogP contribution in [0.5, 0.6) is 0 Å². The van der Waals surface area contributed by atoms with Gasteiger partial charge in [-0.2, -0.15) is 0 Å². The molecule has 3 heterocycles. The summed E-state index contributed by atoms with van der Waals surface area (Å²) in [5, 5.41) is 7.30. The van der Waals surface area contributed by atoms with Crippen molar-refractivity contribution in [1.29, 1.82) is 0 Å². The highest BCUT2D eigenvalue weighted by molar-refractivity contribution is 7.26. The quantitative estimate of drug-likeness (QED) is 0.167. The molecule has 2 nitrogen and oxygen atoms in total. The molecule has 12 rings (SSSR count). The van der Waals surface area contributed by atoms with Crippen LogP contribution in [0.4, 0.5) is 0 Å². The van der Waals surface area contributed by atoms with Crippen LogP contribution in [0.2, 0.25) is 0 Å². The Hall–Kier alpha value is -7.24. The van der Waals surface area contributed by atoms with Crippen LogP contribution >= 0.6 is 22.7 Å². The second-order valence-electron chi connectivity index (χ2n) is 15.2. The number of rotatable bonds is 6. The predicted molar refractivity (Wildman–Crippen MR) is 258 cm³/mol. The summed E-state index contributed by atoms with van der Waals surface area (Å²) in [4.78, 5) is 11.4. The second kappa shape index (κ2) is 14.2. The van der Waals surface area contributed by atoms with Crippen molar-refractivity contribution in [3.05, 3.63) is 206 Å². The molecule has 0 bridgehead atoms. The molecular weight excluding hydrogens is 765 g/mol. The molecule has 0 amide bonds. The van der Waals surface area contributed by atoms with E-state index in [9.17, 15) is 0 Å². The Kier molecular flexibility index (Phi) is 8.25. The molecule has 0 saturated carbocycles. The topological polar surface area (TPSA) is 25.8 Å². The van der Waals surface area contributed by atoms with Gasteiger partial charge in [-0.1, -0.05) is 182 Å². The van der Waals surface area contributed by atoms with E-state index in [0.717, 1.165) is 61.1 Å². The standard InChI is InChI=1S/C56H34N2S2/c1-3-17-35(18-4-1)37-21-7-8-22-38(37)48-33-47(36-19-5-2-6-20-36)39-23-9-10-26-42(39)53(48)56-57-49(45-29-15-27-43-40-24-11-13-31-51(40)59-54(43)45)34-50(58-56)46-30-16-28-44-41-25-12-14-32-52(41)60-55(44)46/h1-34H. The first-order valence-electron chi connectivity index (χ1n) is 20.2. The van der Waals surface area contributed by atoms with Crippen LogP contribution in [0.15, 0.2) is 206 Å². The number of thiophene rings is 2. The third-order valence-corrected chi connectivity index (χ3v) is 14.2. The minimum atomic E-state index is 0.701. The molecule has 0 radical (unpaired) electrons. The average molecular weight is 799 g/mol. The lowest BCUT2D eigenvalue weighted by molar-refractivity contribution is 1.19. The molecule has 0 aliphatic carbocycles. The summed E-state index contributed by atoms with van der Waals surface area (Å²) in [5.74, 6) is 0.701. The number of hydrogen-bond acceptors (Lipinski definition) is 4. The first kappa shape index (κ1) is 34.8. The zero-order valence-electron chi connectivity index (χ0n) is 32.3. The van der Waals surface area contributed by atoms with E-state index in [-0.39, 0.29) is 0 Å². The maximum Gasteiger partial charge on any atom is 0.161 e. The van der Waals surface area contributed by atoms with Crippen molar-refractivity contribution in [2.75, 3.05) is 0 Å².